The fourth-order valence-corrected chi connectivity index (χ4v) is 3.09. The van der Waals surface area contributed by atoms with Crippen molar-refractivity contribution in [3.8, 4) is 0 Å². The first kappa shape index (κ1) is 14.6. The summed E-state index contributed by atoms with van der Waals surface area (Å²) in [5.74, 6) is 0. The van der Waals surface area contributed by atoms with Gasteiger partial charge in [-0.05, 0) is 42.9 Å². The van der Waals surface area contributed by atoms with Crippen molar-refractivity contribution in [1.29, 1.82) is 0 Å². The van der Waals surface area contributed by atoms with E-state index >= 15 is 0 Å². The highest BCUT2D eigenvalue weighted by atomic mass is 16.2. The van der Waals surface area contributed by atoms with E-state index in [4.69, 9.17) is 0 Å². The van der Waals surface area contributed by atoms with Crippen molar-refractivity contribution in [3.63, 3.8) is 0 Å². The highest BCUT2D eigenvalue weighted by Gasteiger charge is 2.39. The van der Waals surface area contributed by atoms with E-state index in [2.05, 4.69) is 29.7 Å². The van der Waals surface area contributed by atoms with Gasteiger partial charge in [0.1, 0.15) is 0 Å². The molecule has 3 heteroatoms. The molecule has 0 heterocycles. The molecule has 2 amide bonds. The first-order valence-corrected chi connectivity index (χ1v) is 7.96. The second-order valence-electron chi connectivity index (χ2n) is 5.89. The van der Waals surface area contributed by atoms with Gasteiger partial charge in [0.05, 0.1) is 5.54 Å². The smallest absolute Gasteiger partial charge is 0.319 e. The molecule has 2 aromatic rings. The van der Waals surface area contributed by atoms with Crippen molar-refractivity contribution in [2.45, 2.75) is 38.1 Å². The molecule has 0 saturated heterocycles. The van der Waals surface area contributed by atoms with Gasteiger partial charge in [0.25, 0.3) is 0 Å². The summed E-state index contributed by atoms with van der Waals surface area (Å²) in [6, 6.07) is 18.1. The van der Waals surface area contributed by atoms with E-state index in [0.717, 1.165) is 36.9 Å². The van der Waals surface area contributed by atoms with Gasteiger partial charge in [0, 0.05) is 5.69 Å². The third-order valence-electron chi connectivity index (χ3n) is 4.53. The summed E-state index contributed by atoms with van der Waals surface area (Å²) in [4.78, 5) is 12.4. The Bertz CT molecular complexity index is 647. The SMILES string of the molecule is CCc1ccccc1NC(=O)NC1(c2ccccc2)CCC1. The number of aryl methyl sites for hydroxylation is 1. The van der Waals surface area contributed by atoms with Crippen LogP contribution < -0.4 is 10.6 Å². The van der Waals surface area contributed by atoms with E-state index in [-0.39, 0.29) is 11.6 Å². The van der Waals surface area contributed by atoms with Crippen molar-refractivity contribution < 1.29 is 4.79 Å². The predicted molar refractivity (Wildman–Crippen MR) is 89.9 cm³/mol. The molecule has 114 valence electrons. The number of carbonyl (C=O) groups excluding carboxylic acids is 1. The van der Waals surface area contributed by atoms with E-state index < -0.39 is 0 Å². The van der Waals surface area contributed by atoms with Crippen LogP contribution in [0.1, 0.15) is 37.3 Å². The third kappa shape index (κ3) is 2.84. The number of benzene rings is 2. The average Bonchev–Trinajstić information content (AvgIpc) is 2.52. The maximum absolute atomic E-state index is 12.4. The third-order valence-corrected chi connectivity index (χ3v) is 4.53. The number of anilines is 1. The van der Waals surface area contributed by atoms with Gasteiger partial charge in [-0.15, -0.1) is 0 Å². The quantitative estimate of drug-likeness (QED) is 0.859. The van der Waals surface area contributed by atoms with Crippen LogP contribution in [-0.4, -0.2) is 6.03 Å². The predicted octanol–water partition coefficient (Wildman–Crippen LogP) is 4.45. The van der Waals surface area contributed by atoms with Crippen molar-refractivity contribution >= 4 is 11.7 Å². The molecular weight excluding hydrogens is 272 g/mol. The van der Waals surface area contributed by atoms with E-state index in [9.17, 15) is 4.79 Å². The van der Waals surface area contributed by atoms with Crippen LogP contribution in [0.2, 0.25) is 0 Å². The Kier molecular flexibility index (Phi) is 4.14. The summed E-state index contributed by atoms with van der Waals surface area (Å²) in [5, 5.41) is 6.20. The topological polar surface area (TPSA) is 41.1 Å². The molecule has 2 aromatic carbocycles. The van der Waals surface area contributed by atoms with Gasteiger partial charge in [-0.2, -0.15) is 0 Å². The molecule has 3 rings (SSSR count). The standard InChI is InChI=1S/C19H22N2O/c1-2-15-9-6-7-12-17(15)20-18(22)21-19(13-8-14-19)16-10-4-3-5-11-16/h3-7,9-12H,2,8,13-14H2,1H3,(H2,20,21,22). The zero-order chi connectivity index (χ0) is 15.4. The van der Waals surface area contributed by atoms with Gasteiger partial charge in [-0.25, -0.2) is 4.79 Å². The molecular formula is C19H22N2O. The number of para-hydroxylation sites is 1. The van der Waals surface area contributed by atoms with Gasteiger partial charge >= 0.3 is 6.03 Å². The van der Waals surface area contributed by atoms with E-state index in [1.807, 2.05) is 42.5 Å². The largest absolute Gasteiger partial charge is 0.328 e. The molecule has 22 heavy (non-hydrogen) atoms. The lowest BCUT2D eigenvalue weighted by Crippen LogP contribution is -2.52. The minimum absolute atomic E-state index is 0.121. The van der Waals surface area contributed by atoms with Gasteiger partial charge < -0.3 is 10.6 Å². The van der Waals surface area contributed by atoms with Crippen molar-refractivity contribution in [2.24, 2.45) is 0 Å². The minimum atomic E-state index is -0.202. The molecule has 2 N–H and O–H groups in total. The Hall–Kier alpha value is -2.29. The van der Waals surface area contributed by atoms with Crippen molar-refractivity contribution in [2.75, 3.05) is 5.32 Å². The Labute approximate surface area is 131 Å². The summed E-state index contributed by atoms with van der Waals surface area (Å²) in [7, 11) is 0. The molecule has 1 aliphatic rings. The maximum atomic E-state index is 12.4. The molecule has 0 bridgehead atoms. The number of rotatable bonds is 4. The average molecular weight is 294 g/mol. The molecule has 1 saturated carbocycles. The van der Waals surface area contributed by atoms with Crippen LogP contribution in [0.25, 0.3) is 0 Å². The number of carbonyl (C=O) groups is 1. The summed E-state index contributed by atoms with van der Waals surface area (Å²) in [6.07, 6.45) is 4.06. The molecule has 1 aliphatic carbocycles. The minimum Gasteiger partial charge on any atom is -0.328 e. The number of amides is 2. The summed E-state index contributed by atoms with van der Waals surface area (Å²) in [6.45, 7) is 2.09. The van der Waals surface area contributed by atoms with E-state index in [0.29, 0.717) is 0 Å². The number of hydrogen-bond acceptors (Lipinski definition) is 1. The second-order valence-corrected chi connectivity index (χ2v) is 5.89. The maximum Gasteiger partial charge on any atom is 0.319 e. The number of hydrogen-bond donors (Lipinski definition) is 2. The fourth-order valence-electron chi connectivity index (χ4n) is 3.09. The lowest BCUT2D eigenvalue weighted by atomic mass is 9.72. The van der Waals surface area contributed by atoms with Crippen LogP contribution in [0.3, 0.4) is 0 Å². The fraction of sp³-hybridized carbons (Fsp3) is 0.316. The molecule has 3 nitrogen and oxygen atoms in total. The van der Waals surface area contributed by atoms with Crippen molar-refractivity contribution in [3.05, 3.63) is 65.7 Å². The molecule has 0 radical (unpaired) electrons. The highest BCUT2D eigenvalue weighted by molar-refractivity contribution is 5.90. The van der Waals surface area contributed by atoms with Crippen LogP contribution in [0.5, 0.6) is 0 Å². The van der Waals surface area contributed by atoms with Gasteiger partial charge in [-0.1, -0.05) is 55.5 Å². The summed E-state index contributed by atoms with van der Waals surface area (Å²) in [5.41, 5.74) is 3.04. The summed E-state index contributed by atoms with van der Waals surface area (Å²) < 4.78 is 0. The molecule has 1 fully saturated rings. The Morgan fingerprint density at radius 3 is 2.36 bits per heavy atom. The monoisotopic (exact) mass is 294 g/mol. The van der Waals surface area contributed by atoms with E-state index in [1.165, 1.54) is 5.56 Å². The summed E-state index contributed by atoms with van der Waals surface area (Å²) >= 11 is 0. The van der Waals surface area contributed by atoms with Gasteiger partial charge in [-0.3, -0.25) is 0 Å². The van der Waals surface area contributed by atoms with E-state index in [1.54, 1.807) is 0 Å². The zero-order valence-electron chi connectivity index (χ0n) is 12.9. The zero-order valence-corrected chi connectivity index (χ0v) is 12.9. The van der Waals surface area contributed by atoms with Crippen LogP contribution in [0, 0.1) is 0 Å². The first-order chi connectivity index (χ1) is 10.7. The Morgan fingerprint density at radius 1 is 1.05 bits per heavy atom. The number of nitrogens with one attached hydrogen (secondary N) is 2. The normalized spacial score (nSPS) is 15.7. The highest BCUT2D eigenvalue weighted by Crippen LogP contribution is 2.41. The lowest BCUT2D eigenvalue weighted by molar-refractivity contribution is 0.185. The second kappa shape index (κ2) is 6.22. The Balaban J connectivity index is 1.73. The molecule has 0 aliphatic heterocycles. The van der Waals surface area contributed by atoms with Crippen LogP contribution in [0.15, 0.2) is 54.6 Å². The number of urea groups is 1. The molecule has 0 unspecified atom stereocenters. The molecule has 0 aromatic heterocycles. The first-order valence-electron chi connectivity index (χ1n) is 7.96. The van der Waals surface area contributed by atoms with Crippen LogP contribution in [0.4, 0.5) is 10.5 Å². The van der Waals surface area contributed by atoms with Gasteiger partial charge in [0.2, 0.25) is 0 Å². The van der Waals surface area contributed by atoms with Gasteiger partial charge in [0.15, 0.2) is 0 Å². The van der Waals surface area contributed by atoms with Crippen LogP contribution >= 0.6 is 0 Å². The van der Waals surface area contributed by atoms with Crippen LogP contribution in [-0.2, 0) is 12.0 Å². The molecule has 0 atom stereocenters. The molecule has 0 spiro atoms. The Morgan fingerprint density at radius 2 is 1.73 bits per heavy atom. The van der Waals surface area contributed by atoms with Crippen molar-refractivity contribution in [1.82, 2.24) is 5.32 Å². The lowest BCUT2D eigenvalue weighted by Gasteiger charge is -2.43.